The van der Waals surface area contributed by atoms with Crippen molar-refractivity contribution in [2.45, 2.75) is 10.3 Å². The first-order valence-electron chi connectivity index (χ1n) is 5.39. The van der Waals surface area contributed by atoms with Crippen LogP contribution in [0.3, 0.4) is 0 Å². The summed E-state index contributed by atoms with van der Waals surface area (Å²) in [5.74, 6) is -0.274. The molecule has 0 aromatic heterocycles. The number of hydrogen-bond acceptors (Lipinski definition) is 5. The molecule has 0 aliphatic carbocycles. The van der Waals surface area contributed by atoms with Crippen LogP contribution in [0, 0.1) is 0 Å². The molecule has 0 aliphatic rings. The van der Waals surface area contributed by atoms with Crippen molar-refractivity contribution in [3.63, 3.8) is 0 Å². The highest BCUT2D eigenvalue weighted by atomic mass is 35.6. The van der Waals surface area contributed by atoms with Crippen molar-refractivity contribution in [2.24, 2.45) is 10.7 Å². The zero-order valence-electron chi connectivity index (χ0n) is 10.5. The highest BCUT2D eigenvalue weighted by molar-refractivity contribution is 7.85. The first kappa shape index (κ1) is 18.1. The molecule has 0 heterocycles. The van der Waals surface area contributed by atoms with Crippen molar-refractivity contribution in [1.29, 1.82) is 0 Å². The number of phenolic OH excluding ortho intramolecular Hbond substituents is 1. The summed E-state index contributed by atoms with van der Waals surface area (Å²) in [7, 11) is -4.22. The third-order valence-corrected chi connectivity index (χ3v) is 3.19. The quantitative estimate of drug-likeness (QED) is 0.408. The van der Waals surface area contributed by atoms with Crippen molar-refractivity contribution in [2.75, 3.05) is 6.61 Å². The SMILES string of the molecule is NC(=NCc1ccc(O)cc1)NS(=O)(=O)OCC(Cl)(Cl)Cl. The van der Waals surface area contributed by atoms with Gasteiger partial charge in [0, 0.05) is 0 Å². The van der Waals surface area contributed by atoms with Crippen molar-refractivity contribution in [1.82, 2.24) is 4.72 Å². The number of nitrogens with one attached hydrogen (secondary N) is 1. The molecule has 0 spiro atoms. The highest BCUT2D eigenvalue weighted by Gasteiger charge is 2.24. The molecule has 1 aromatic rings. The predicted octanol–water partition coefficient (Wildman–Crippen LogP) is 1.43. The van der Waals surface area contributed by atoms with Crippen molar-refractivity contribution in [3.8, 4) is 5.75 Å². The Labute approximate surface area is 136 Å². The largest absolute Gasteiger partial charge is 0.508 e. The van der Waals surface area contributed by atoms with Crippen LogP contribution in [0.1, 0.15) is 5.56 Å². The summed E-state index contributed by atoms with van der Waals surface area (Å²) in [5, 5.41) is 9.11. The van der Waals surface area contributed by atoms with Gasteiger partial charge in [0.2, 0.25) is 9.75 Å². The fraction of sp³-hybridized carbons (Fsp3) is 0.300. The lowest BCUT2D eigenvalue weighted by atomic mass is 10.2. The second-order valence-corrected chi connectivity index (χ2v) is 7.67. The van der Waals surface area contributed by atoms with E-state index < -0.39 is 20.7 Å². The maximum Gasteiger partial charge on any atom is 0.362 e. The molecule has 0 aliphatic heterocycles. The lowest BCUT2D eigenvalue weighted by Gasteiger charge is -2.12. The van der Waals surface area contributed by atoms with Crippen LogP contribution in [0.15, 0.2) is 29.3 Å². The van der Waals surface area contributed by atoms with E-state index >= 15 is 0 Å². The van der Waals surface area contributed by atoms with Gasteiger partial charge < -0.3 is 10.8 Å². The Bertz CT molecular complexity index is 599. The third-order valence-electron chi connectivity index (χ3n) is 1.98. The van der Waals surface area contributed by atoms with E-state index in [-0.39, 0.29) is 18.3 Å². The van der Waals surface area contributed by atoms with Crippen LogP contribution in [0.4, 0.5) is 0 Å². The predicted molar refractivity (Wildman–Crippen MR) is 81.7 cm³/mol. The fourth-order valence-corrected chi connectivity index (χ4v) is 2.18. The number of aromatic hydroxyl groups is 1. The topological polar surface area (TPSA) is 114 Å². The van der Waals surface area contributed by atoms with Gasteiger partial charge in [-0.3, -0.25) is 0 Å². The fourth-order valence-electron chi connectivity index (χ4n) is 1.11. The number of rotatable bonds is 5. The van der Waals surface area contributed by atoms with E-state index in [0.717, 1.165) is 5.56 Å². The number of benzene rings is 1. The van der Waals surface area contributed by atoms with E-state index in [1.54, 1.807) is 12.1 Å². The first-order valence-corrected chi connectivity index (χ1v) is 7.93. The number of hydrogen-bond donors (Lipinski definition) is 3. The average Bonchev–Trinajstić information content (AvgIpc) is 2.35. The standard InChI is InChI=1S/C10H12Cl3N3O4S/c11-10(12,13)6-20-21(18,19)16-9(14)15-5-7-1-3-8(17)4-2-7/h1-4,17H,5-6H2,(H3,14,15,16). The average molecular weight is 377 g/mol. The van der Waals surface area contributed by atoms with Gasteiger partial charge in [-0.25, -0.2) is 13.9 Å². The molecule has 0 atom stereocenters. The lowest BCUT2D eigenvalue weighted by molar-refractivity contribution is 0.322. The first-order chi connectivity index (χ1) is 9.57. The number of alkyl halides is 3. The van der Waals surface area contributed by atoms with Crippen LogP contribution >= 0.6 is 34.8 Å². The molecule has 7 nitrogen and oxygen atoms in total. The molecule has 4 N–H and O–H groups in total. The summed E-state index contributed by atoms with van der Waals surface area (Å²) >= 11 is 16.1. The Morgan fingerprint density at radius 3 is 2.43 bits per heavy atom. The van der Waals surface area contributed by atoms with E-state index in [9.17, 15) is 8.42 Å². The molecule has 0 fully saturated rings. The molecule has 0 unspecified atom stereocenters. The van der Waals surface area contributed by atoms with Crippen LogP contribution in [-0.4, -0.2) is 29.9 Å². The number of guanidine groups is 1. The number of nitrogens with two attached hydrogens (primary N) is 1. The molecule has 0 radical (unpaired) electrons. The van der Waals surface area contributed by atoms with Gasteiger partial charge in [0.1, 0.15) is 12.4 Å². The van der Waals surface area contributed by atoms with Crippen molar-refractivity contribution >= 4 is 51.1 Å². The molecule has 11 heteroatoms. The second-order valence-electron chi connectivity index (χ2n) is 3.80. The van der Waals surface area contributed by atoms with Gasteiger partial charge >= 0.3 is 10.3 Å². The molecular weight excluding hydrogens is 365 g/mol. The summed E-state index contributed by atoms with van der Waals surface area (Å²) in [6.07, 6.45) is 0. The highest BCUT2D eigenvalue weighted by Crippen LogP contribution is 2.26. The minimum absolute atomic E-state index is 0.108. The van der Waals surface area contributed by atoms with Gasteiger partial charge in [-0.2, -0.15) is 8.42 Å². The Morgan fingerprint density at radius 1 is 1.33 bits per heavy atom. The number of aliphatic imine (C=N–C) groups is 1. The van der Waals surface area contributed by atoms with Crippen LogP contribution in [-0.2, 0) is 21.0 Å². The molecule has 1 aromatic carbocycles. The molecule has 118 valence electrons. The van der Waals surface area contributed by atoms with Crippen LogP contribution in [0.2, 0.25) is 0 Å². The minimum atomic E-state index is -4.22. The summed E-state index contributed by atoms with van der Waals surface area (Å²) in [6, 6.07) is 6.16. The maximum atomic E-state index is 11.4. The van der Waals surface area contributed by atoms with E-state index in [1.165, 1.54) is 12.1 Å². The van der Waals surface area contributed by atoms with Gasteiger partial charge in [0.15, 0.2) is 0 Å². The minimum Gasteiger partial charge on any atom is -0.508 e. The Balaban J connectivity index is 2.56. The summed E-state index contributed by atoms with van der Waals surface area (Å²) in [4.78, 5) is 3.80. The molecule has 1 rings (SSSR count). The third kappa shape index (κ3) is 8.18. The van der Waals surface area contributed by atoms with Gasteiger partial charge in [0.25, 0.3) is 0 Å². The molecule has 21 heavy (non-hydrogen) atoms. The van der Waals surface area contributed by atoms with Crippen molar-refractivity contribution in [3.05, 3.63) is 29.8 Å². The van der Waals surface area contributed by atoms with E-state index in [1.807, 2.05) is 4.72 Å². The van der Waals surface area contributed by atoms with E-state index in [2.05, 4.69) is 9.18 Å². The van der Waals surface area contributed by atoms with Gasteiger partial charge in [-0.15, -0.1) is 0 Å². The molecule has 0 saturated heterocycles. The van der Waals surface area contributed by atoms with Gasteiger partial charge in [-0.1, -0.05) is 46.9 Å². The molecule has 0 saturated carbocycles. The van der Waals surface area contributed by atoms with Gasteiger partial charge in [0.05, 0.1) is 6.54 Å². The van der Waals surface area contributed by atoms with Crippen LogP contribution in [0.25, 0.3) is 0 Å². The zero-order chi connectivity index (χ0) is 16.1. The molecule has 0 amide bonds. The number of halogens is 3. The Kier molecular flexibility index (Phi) is 6.36. The molecular formula is C10H12Cl3N3O4S. The maximum absolute atomic E-state index is 11.4. The van der Waals surface area contributed by atoms with Crippen LogP contribution < -0.4 is 10.5 Å². The van der Waals surface area contributed by atoms with Crippen LogP contribution in [0.5, 0.6) is 5.75 Å². The summed E-state index contributed by atoms with van der Waals surface area (Å²) in [5.41, 5.74) is 6.13. The van der Waals surface area contributed by atoms with E-state index in [0.29, 0.717) is 0 Å². The smallest absolute Gasteiger partial charge is 0.362 e. The number of nitrogens with zero attached hydrogens (tertiary/aromatic N) is 1. The number of phenols is 1. The van der Waals surface area contributed by atoms with E-state index in [4.69, 9.17) is 45.6 Å². The second kappa shape index (κ2) is 7.37. The summed E-state index contributed by atoms with van der Waals surface area (Å²) < 4.78 is 27.3. The molecule has 0 bridgehead atoms. The van der Waals surface area contributed by atoms with Gasteiger partial charge in [-0.05, 0) is 17.7 Å². The zero-order valence-corrected chi connectivity index (χ0v) is 13.5. The van der Waals surface area contributed by atoms with Crippen molar-refractivity contribution < 1.29 is 17.7 Å². The lowest BCUT2D eigenvalue weighted by Crippen LogP contribution is -2.39. The Hall–Kier alpha value is -0.930. The normalized spacial score (nSPS) is 13.2. The monoisotopic (exact) mass is 375 g/mol. The summed E-state index contributed by atoms with van der Waals surface area (Å²) in [6.45, 7) is -0.558. The Morgan fingerprint density at radius 2 is 1.90 bits per heavy atom.